The van der Waals surface area contributed by atoms with E-state index in [-0.39, 0.29) is 24.1 Å². The number of carbonyl (C=O) groups excluding carboxylic acids is 1. The van der Waals surface area contributed by atoms with Crippen LogP contribution in [0.3, 0.4) is 0 Å². The number of carbonyl (C=O) groups is 1. The van der Waals surface area contributed by atoms with Crippen molar-refractivity contribution in [3.8, 4) is 0 Å². The zero-order valence-electron chi connectivity index (χ0n) is 12.6. The van der Waals surface area contributed by atoms with Gasteiger partial charge < -0.3 is 10.0 Å². The van der Waals surface area contributed by atoms with Gasteiger partial charge in [-0.3, -0.25) is 4.79 Å². The monoisotopic (exact) mass is 346 g/mol. The first-order chi connectivity index (χ1) is 10.4. The highest BCUT2D eigenvalue weighted by Crippen LogP contribution is 2.21. The summed E-state index contributed by atoms with van der Waals surface area (Å²) in [5.41, 5.74) is 0. The fourth-order valence-electron chi connectivity index (χ4n) is 2.56. The van der Waals surface area contributed by atoms with Crippen molar-refractivity contribution in [2.24, 2.45) is 5.92 Å². The molecule has 0 radical (unpaired) electrons. The van der Waals surface area contributed by atoms with Gasteiger partial charge in [0.15, 0.2) is 0 Å². The number of sulfonamides is 1. The number of hydrogen-bond acceptors (Lipinski definition) is 5. The summed E-state index contributed by atoms with van der Waals surface area (Å²) in [6.45, 7) is 2.69. The lowest BCUT2D eigenvalue weighted by Crippen LogP contribution is -2.43. The molecule has 2 N–H and O–H groups in total. The van der Waals surface area contributed by atoms with Crippen molar-refractivity contribution in [1.82, 2.24) is 9.62 Å². The van der Waals surface area contributed by atoms with E-state index in [1.165, 1.54) is 18.3 Å². The highest BCUT2D eigenvalue weighted by molar-refractivity contribution is 7.89. The van der Waals surface area contributed by atoms with Crippen molar-refractivity contribution in [2.45, 2.75) is 25.9 Å². The second-order valence-electron chi connectivity index (χ2n) is 5.72. The van der Waals surface area contributed by atoms with Gasteiger partial charge in [0.25, 0.3) is 5.91 Å². The Hall–Kier alpha value is -0.960. The van der Waals surface area contributed by atoms with Crippen LogP contribution in [0.4, 0.5) is 0 Å². The molecule has 6 nitrogen and oxygen atoms in total. The zero-order valence-corrected chi connectivity index (χ0v) is 14.2. The third-order valence-corrected chi connectivity index (χ3v) is 5.97. The lowest BCUT2D eigenvalue weighted by molar-refractivity contribution is 0.0689. The van der Waals surface area contributed by atoms with Gasteiger partial charge in [-0.25, -0.2) is 13.1 Å². The average molecular weight is 346 g/mol. The van der Waals surface area contributed by atoms with Crippen LogP contribution >= 0.6 is 11.3 Å². The number of amides is 1. The first-order valence-corrected chi connectivity index (χ1v) is 9.89. The maximum atomic E-state index is 12.3. The second-order valence-corrected chi connectivity index (χ2v) is 8.51. The molecular formula is C14H22N2O4S2. The van der Waals surface area contributed by atoms with E-state index in [9.17, 15) is 13.2 Å². The number of aliphatic hydroxyl groups excluding tert-OH is 1. The molecule has 22 heavy (non-hydrogen) atoms. The van der Waals surface area contributed by atoms with Crippen molar-refractivity contribution in [3.05, 3.63) is 22.4 Å². The summed E-state index contributed by atoms with van der Waals surface area (Å²) < 4.78 is 26.4. The number of nitrogens with one attached hydrogen (secondary N) is 1. The van der Waals surface area contributed by atoms with Gasteiger partial charge in [0.1, 0.15) is 0 Å². The van der Waals surface area contributed by atoms with Crippen LogP contribution in [0, 0.1) is 5.92 Å². The highest BCUT2D eigenvalue weighted by atomic mass is 32.2. The van der Waals surface area contributed by atoms with Crippen LogP contribution in [-0.2, 0) is 10.0 Å². The molecule has 0 aliphatic carbocycles. The van der Waals surface area contributed by atoms with Gasteiger partial charge in [0.05, 0.1) is 16.7 Å². The van der Waals surface area contributed by atoms with E-state index < -0.39 is 16.1 Å². The smallest absolute Gasteiger partial charge is 0.263 e. The molecule has 2 rings (SSSR count). The number of aliphatic hydroxyl groups is 1. The van der Waals surface area contributed by atoms with E-state index in [1.54, 1.807) is 11.0 Å². The van der Waals surface area contributed by atoms with E-state index in [0.29, 0.717) is 18.0 Å². The minimum atomic E-state index is -3.42. The Morgan fingerprint density at radius 2 is 2.36 bits per heavy atom. The lowest BCUT2D eigenvalue weighted by Gasteiger charge is -2.32. The van der Waals surface area contributed by atoms with Crippen molar-refractivity contribution >= 4 is 27.3 Å². The van der Waals surface area contributed by atoms with Gasteiger partial charge in [0, 0.05) is 19.6 Å². The van der Waals surface area contributed by atoms with Gasteiger partial charge in [-0.1, -0.05) is 6.07 Å². The zero-order chi connectivity index (χ0) is 16.2. The molecule has 0 unspecified atom stereocenters. The number of likely N-dealkylation sites (tertiary alicyclic amines) is 1. The van der Waals surface area contributed by atoms with Crippen LogP contribution < -0.4 is 4.72 Å². The van der Waals surface area contributed by atoms with Crippen LogP contribution in [0.1, 0.15) is 29.4 Å². The lowest BCUT2D eigenvalue weighted by atomic mass is 10.00. The van der Waals surface area contributed by atoms with Crippen molar-refractivity contribution < 1.29 is 18.3 Å². The van der Waals surface area contributed by atoms with E-state index >= 15 is 0 Å². The molecule has 2 atom stereocenters. The standard InChI is InChI=1S/C14H22N2O4S2/c1-11(17)8-15-22(19,20)10-12-4-2-6-16(9-12)14(18)13-5-3-7-21-13/h3,5,7,11-12,15,17H,2,4,6,8-10H2,1H3/t11-,12-/m0/s1. The number of piperidine rings is 1. The van der Waals surface area contributed by atoms with Gasteiger partial charge in [-0.2, -0.15) is 0 Å². The SMILES string of the molecule is C[C@H](O)CNS(=O)(=O)C[C@H]1CCCN(C(=O)c2cccs2)C1. The average Bonchev–Trinajstić information content (AvgIpc) is 2.98. The Kier molecular flexibility index (Phi) is 5.96. The molecule has 1 fully saturated rings. The molecule has 124 valence electrons. The molecule has 8 heteroatoms. The summed E-state index contributed by atoms with van der Waals surface area (Å²) in [5.74, 6) is -0.0910. The molecule has 1 amide bonds. The Morgan fingerprint density at radius 3 is 3.00 bits per heavy atom. The van der Waals surface area contributed by atoms with Crippen LogP contribution in [-0.4, -0.2) is 55.8 Å². The summed E-state index contributed by atoms with van der Waals surface area (Å²) in [5, 5.41) is 11.0. The van der Waals surface area contributed by atoms with Crippen LogP contribution in [0.2, 0.25) is 0 Å². The van der Waals surface area contributed by atoms with Crippen molar-refractivity contribution in [3.63, 3.8) is 0 Å². The third-order valence-electron chi connectivity index (χ3n) is 3.59. The van der Waals surface area contributed by atoms with Gasteiger partial charge >= 0.3 is 0 Å². The first-order valence-electron chi connectivity index (χ1n) is 7.35. The molecule has 2 heterocycles. The molecule has 1 aromatic heterocycles. The maximum absolute atomic E-state index is 12.3. The summed E-state index contributed by atoms with van der Waals surface area (Å²) in [7, 11) is -3.42. The van der Waals surface area contributed by atoms with Crippen molar-refractivity contribution in [2.75, 3.05) is 25.4 Å². The van der Waals surface area contributed by atoms with E-state index in [2.05, 4.69) is 4.72 Å². The fourth-order valence-corrected chi connectivity index (χ4v) is 4.75. The number of nitrogens with zero attached hydrogens (tertiary/aromatic N) is 1. The minimum absolute atomic E-state index is 0.00601. The summed E-state index contributed by atoms with van der Waals surface area (Å²) in [6, 6.07) is 3.63. The molecule has 1 aliphatic heterocycles. The van der Waals surface area contributed by atoms with Gasteiger partial charge in [-0.05, 0) is 37.1 Å². The quantitative estimate of drug-likeness (QED) is 0.801. The molecule has 1 aliphatic rings. The molecule has 0 spiro atoms. The minimum Gasteiger partial charge on any atom is -0.392 e. The Morgan fingerprint density at radius 1 is 1.59 bits per heavy atom. The Balaban J connectivity index is 1.92. The van der Waals surface area contributed by atoms with Gasteiger partial charge in [-0.15, -0.1) is 11.3 Å². The molecule has 0 bridgehead atoms. The Labute approximate surface area is 135 Å². The van der Waals surface area contributed by atoms with E-state index in [0.717, 1.165) is 12.8 Å². The van der Waals surface area contributed by atoms with Crippen LogP contribution in [0.25, 0.3) is 0 Å². The maximum Gasteiger partial charge on any atom is 0.263 e. The predicted octanol–water partition coefficient (Wildman–Crippen LogP) is 0.901. The van der Waals surface area contributed by atoms with Crippen molar-refractivity contribution in [1.29, 1.82) is 0 Å². The number of hydrogen-bond donors (Lipinski definition) is 2. The summed E-state index contributed by atoms with van der Waals surface area (Å²) >= 11 is 1.40. The number of thiophene rings is 1. The third kappa shape index (κ3) is 5.05. The van der Waals surface area contributed by atoms with E-state index in [4.69, 9.17) is 5.11 Å². The molecule has 0 saturated carbocycles. The second kappa shape index (κ2) is 7.54. The summed E-state index contributed by atoms with van der Waals surface area (Å²) in [4.78, 5) is 14.8. The first kappa shape index (κ1) is 17.4. The van der Waals surface area contributed by atoms with Crippen LogP contribution in [0.15, 0.2) is 17.5 Å². The normalized spacial score (nSPS) is 20.8. The van der Waals surface area contributed by atoms with Crippen LogP contribution in [0.5, 0.6) is 0 Å². The van der Waals surface area contributed by atoms with E-state index in [1.807, 2.05) is 11.4 Å². The topological polar surface area (TPSA) is 86.7 Å². The predicted molar refractivity (Wildman–Crippen MR) is 86.4 cm³/mol. The molecule has 1 aromatic rings. The molecule has 0 aromatic carbocycles. The highest BCUT2D eigenvalue weighted by Gasteiger charge is 2.28. The number of rotatable bonds is 6. The molecule has 1 saturated heterocycles. The molecular weight excluding hydrogens is 324 g/mol. The summed E-state index contributed by atoms with van der Waals surface area (Å²) in [6.07, 6.45) is 0.898. The largest absolute Gasteiger partial charge is 0.392 e. The fraction of sp³-hybridized carbons (Fsp3) is 0.643. The van der Waals surface area contributed by atoms with Gasteiger partial charge in [0.2, 0.25) is 10.0 Å². The Bertz CT molecular complexity index is 584.